The van der Waals surface area contributed by atoms with E-state index < -0.39 is 0 Å². The lowest BCUT2D eigenvalue weighted by Gasteiger charge is -2.32. The van der Waals surface area contributed by atoms with Crippen LogP contribution >= 0.6 is 0 Å². The molecule has 16 heavy (non-hydrogen) atoms. The van der Waals surface area contributed by atoms with Gasteiger partial charge in [0, 0.05) is 36.5 Å². The second-order valence-electron chi connectivity index (χ2n) is 4.91. The third kappa shape index (κ3) is 0.750. The van der Waals surface area contributed by atoms with E-state index in [-0.39, 0.29) is 40.4 Å². The molecule has 0 amide bonds. The number of ketones is 1. The maximum absolute atomic E-state index is 11.3. The second-order valence-corrected chi connectivity index (χ2v) is 4.91. The van der Waals surface area contributed by atoms with Gasteiger partial charge in [-0.1, -0.05) is 0 Å². The lowest BCUT2D eigenvalue weighted by Crippen LogP contribution is -2.44. The zero-order valence-corrected chi connectivity index (χ0v) is 9.11. The van der Waals surface area contributed by atoms with Crippen LogP contribution in [0.15, 0.2) is 0 Å². The van der Waals surface area contributed by atoms with Gasteiger partial charge >= 0.3 is 11.9 Å². The molecule has 0 atom stereocenters. The Morgan fingerprint density at radius 2 is 1.44 bits per heavy atom. The van der Waals surface area contributed by atoms with Crippen molar-refractivity contribution < 1.29 is 23.9 Å². The van der Waals surface area contributed by atoms with Crippen molar-refractivity contribution >= 4 is 17.7 Å². The molecule has 2 bridgehead atoms. The lowest BCUT2D eigenvalue weighted by molar-refractivity contribution is -0.151. The number of carbonyl (C=O) groups is 3. The molecule has 0 unspecified atom stereocenters. The molecule has 86 valence electrons. The predicted octanol–water partition coefficient (Wildman–Crippen LogP) is -0.0723. The number of esters is 2. The molecule has 0 aromatic heterocycles. The molecule has 4 fully saturated rings. The summed E-state index contributed by atoms with van der Waals surface area (Å²) < 4.78 is 9.92. The van der Waals surface area contributed by atoms with Gasteiger partial charge in [-0.15, -0.1) is 0 Å². The van der Waals surface area contributed by atoms with E-state index in [0.717, 1.165) is 0 Å². The van der Waals surface area contributed by atoms with Crippen molar-refractivity contribution in [3.05, 3.63) is 0 Å². The smallest absolute Gasteiger partial charge is 0.302 e. The highest BCUT2D eigenvalue weighted by Crippen LogP contribution is 3.03. The lowest BCUT2D eigenvalue weighted by atomic mass is 9.71. The summed E-state index contributed by atoms with van der Waals surface area (Å²) in [7, 11) is 0. The Kier molecular flexibility index (Phi) is 1.51. The number of hydrogen-bond donors (Lipinski definition) is 0. The minimum Gasteiger partial charge on any atom is -0.465 e. The molecule has 4 saturated carbocycles. The van der Waals surface area contributed by atoms with Crippen LogP contribution in [0.5, 0.6) is 0 Å². The second kappa shape index (κ2) is 2.47. The first kappa shape index (κ1) is 9.81. The van der Waals surface area contributed by atoms with E-state index in [9.17, 15) is 14.4 Å². The Morgan fingerprint density at radius 1 is 1.06 bits per heavy atom. The van der Waals surface area contributed by atoms with Gasteiger partial charge in [0.05, 0.1) is 13.2 Å². The van der Waals surface area contributed by atoms with Crippen molar-refractivity contribution in [2.75, 3.05) is 13.2 Å². The molecule has 4 aliphatic rings. The van der Waals surface area contributed by atoms with E-state index in [1.54, 1.807) is 0 Å². The number of carbonyl (C=O) groups excluding carboxylic acids is 3. The number of Topliss-reactive ketones (excluding diaryl/α,β-unsaturated/α-hetero) is 1. The van der Waals surface area contributed by atoms with Crippen molar-refractivity contribution in [2.45, 2.75) is 13.8 Å². The molecule has 5 heteroatoms. The van der Waals surface area contributed by atoms with Gasteiger partial charge < -0.3 is 9.47 Å². The summed E-state index contributed by atoms with van der Waals surface area (Å²) in [5.74, 6) is -0.477. The molecule has 0 aromatic rings. The van der Waals surface area contributed by atoms with Gasteiger partial charge in [-0.3, -0.25) is 14.4 Å². The van der Waals surface area contributed by atoms with E-state index in [0.29, 0.717) is 13.2 Å². The van der Waals surface area contributed by atoms with Crippen LogP contribution in [0, 0.1) is 22.7 Å². The molecule has 0 N–H and O–H groups in total. The van der Waals surface area contributed by atoms with Crippen LogP contribution in [-0.4, -0.2) is 30.9 Å². The van der Waals surface area contributed by atoms with Crippen LogP contribution in [0.1, 0.15) is 13.8 Å². The van der Waals surface area contributed by atoms with Crippen LogP contribution in [-0.2, 0) is 23.9 Å². The van der Waals surface area contributed by atoms with Crippen molar-refractivity contribution in [1.29, 1.82) is 0 Å². The summed E-state index contributed by atoms with van der Waals surface area (Å²) >= 11 is 0. The molecule has 0 heterocycles. The first-order chi connectivity index (χ1) is 7.48. The maximum atomic E-state index is 11.3. The Balaban J connectivity index is 1.63. The van der Waals surface area contributed by atoms with Crippen molar-refractivity contribution in [3.63, 3.8) is 0 Å². The highest BCUT2D eigenvalue weighted by atomic mass is 16.5. The van der Waals surface area contributed by atoms with Gasteiger partial charge in [0.2, 0.25) is 0 Å². The molecule has 0 spiro atoms. The standard InChI is InChI=1S/C11H12O5/c1-5(12)15-3-10-8-7(14)9(10)11(8,10)4-16-6(2)13/h8-9H,3-4H2,1-2H3. The fourth-order valence-electron chi connectivity index (χ4n) is 3.57. The SMILES string of the molecule is CC(=O)OCC12C3C(=O)C1C32COC(C)=O. The fraction of sp³-hybridized carbons (Fsp3) is 0.727. The highest BCUT2D eigenvalue weighted by molar-refractivity contribution is 6.11. The summed E-state index contributed by atoms with van der Waals surface area (Å²) in [6.07, 6.45) is 0. The van der Waals surface area contributed by atoms with Gasteiger partial charge in [-0.25, -0.2) is 0 Å². The van der Waals surface area contributed by atoms with E-state index in [1.165, 1.54) is 13.8 Å². The van der Waals surface area contributed by atoms with E-state index in [2.05, 4.69) is 0 Å². The summed E-state index contributed by atoms with van der Waals surface area (Å²) in [6.45, 7) is 3.29. The number of ether oxygens (including phenoxy) is 2. The highest BCUT2D eigenvalue weighted by Gasteiger charge is 3.11. The largest absolute Gasteiger partial charge is 0.465 e. The molecule has 0 radical (unpaired) electrons. The molecule has 4 rings (SSSR count). The normalized spacial score (nSPS) is 45.2. The first-order valence-electron chi connectivity index (χ1n) is 5.29. The maximum Gasteiger partial charge on any atom is 0.302 e. The summed E-state index contributed by atoms with van der Waals surface area (Å²) in [4.78, 5) is 32.8. The number of rotatable bonds is 4. The van der Waals surface area contributed by atoms with Crippen LogP contribution < -0.4 is 0 Å². The topological polar surface area (TPSA) is 69.7 Å². The average molecular weight is 224 g/mol. The third-order valence-corrected chi connectivity index (χ3v) is 4.36. The van der Waals surface area contributed by atoms with E-state index in [1.807, 2.05) is 0 Å². The monoisotopic (exact) mass is 224 g/mol. The van der Waals surface area contributed by atoms with Gasteiger partial charge in [0.1, 0.15) is 5.78 Å². The van der Waals surface area contributed by atoms with Crippen LogP contribution in [0.25, 0.3) is 0 Å². The van der Waals surface area contributed by atoms with Crippen LogP contribution in [0.3, 0.4) is 0 Å². The predicted molar refractivity (Wildman–Crippen MR) is 50.1 cm³/mol. The molecular formula is C11H12O5. The van der Waals surface area contributed by atoms with Crippen LogP contribution in [0.2, 0.25) is 0 Å². The Morgan fingerprint density at radius 3 is 1.69 bits per heavy atom. The Bertz CT molecular complexity index is 378. The fourth-order valence-corrected chi connectivity index (χ4v) is 3.57. The molecule has 5 nitrogen and oxygen atoms in total. The summed E-state index contributed by atoms with van der Waals surface area (Å²) in [5.41, 5.74) is -0.323. The summed E-state index contributed by atoms with van der Waals surface area (Å²) in [6, 6.07) is 0. The molecule has 0 aromatic carbocycles. The number of hydrogen-bond acceptors (Lipinski definition) is 5. The van der Waals surface area contributed by atoms with Crippen molar-refractivity contribution in [3.8, 4) is 0 Å². The zero-order valence-electron chi connectivity index (χ0n) is 9.11. The molecular weight excluding hydrogens is 212 g/mol. The van der Waals surface area contributed by atoms with E-state index in [4.69, 9.17) is 9.47 Å². The average Bonchev–Trinajstić information content (AvgIpc) is 2.89. The molecule has 4 aliphatic carbocycles. The van der Waals surface area contributed by atoms with Gasteiger partial charge in [0.15, 0.2) is 0 Å². The van der Waals surface area contributed by atoms with Crippen LogP contribution in [0.4, 0.5) is 0 Å². The van der Waals surface area contributed by atoms with Gasteiger partial charge in [-0.2, -0.15) is 0 Å². The van der Waals surface area contributed by atoms with Crippen molar-refractivity contribution in [2.24, 2.45) is 22.7 Å². The third-order valence-electron chi connectivity index (χ3n) is 4.36. The summed E-state index contributed by atoms with van der Waals surface area (Å²) in [5, 5.41) is 0. The quantitative estimate of drug-likeness (QED) is 0.625. The van der Waals surface area contributed by atoms with Crippen molar-refractivity contribution in [1.82, 2.24) is 0 Å². The Hall–Kier alpha value is -1.39. The zero-order chi connectivity index (χ0) is 11.7. The van der Waals surface area contributed by atoms with Gasteiger partial charge in [0.25, 0.3) is 0 Å². The molecule has 0 aliphatic heterocycles. The molecule has 0 saturated heterocycles. The minimum absolute atomic E-state index is 0.0244. The first-order valence-corrected chi connectivity index (χ1v) is 5.29. The Labute approximate surface area is 92.1 Å². The van der Waals surface area contributed by atoms with Gasteiger partial charge in [-0.05, 0) is 0 Å². The minimum atomic E-state index is -0.332. The van der Waals surface area contributed by atoms with E-state index >= 15 is 0 Å².